The van der Waals surface area contributed by atoms with Gasteiger partial charge in [0.05, 0.1) is 11.3 Å². The molecule has 1 aromatic carbocycles. The molecule has 158 valence electrons. The predicted octanol–water partition coefficient (Wildman–Crippen LogP) is 4.56. The SMILES string of the molecule is Cc1nc(N2CCCC(C(=O)NCC(F)(F)F)C2)c2cc(-c3ccccc3)sc2n1. The summed E-state index contributed by atoms with van der Waals surface area (Å²) in [6, 6.07) is 12.0. The molecule has 0 saturated carbocycles. The van der Waals surface area contributed by atoms with E-state index in [0.29, 0.717) is 31.8 Å². The van der Waals surface area contributed by atoms with Crippen LogP contribution in [0.25, 0.3) is 20.7 Å². The average molecular weight is 434 g/mol. The van der Waals surface area contributed by atoms with E-state index in [2.05, 4.69) is 16.0 Å². The number of fused-ring (bicyclic) bond motifs is 1. The van der Waals surface area contributed by atoms with Crippen molar-refractivity contribution < 1.29 is 18.0 Å². The van der Waals surface area contributed by atoms with Crippen LogP contribution >= 0.6 is 11.3 Å². The molecule has 5 nitrogen and oxygen atoms in total. The summed E-state index contributed by atoms with van der Waals surface area (Å²) in [4.78, 5) is 25.4. The molecular formula is C21H21F3N4OS. The van der Waals surface area contributed by atoms with Crippen LogP contribution in [0.15, 0.2) is 36.4 Å². The number of anilines is 1. The minimum atomic E-state index is -4.41. The lowest BCUT2D eigenvalue weighted by molar-refractivity contribution is -0.140. The number of nitrogens with one attached hydrogen (secondary N) is 1. The van der Waals surface area contributed by atoms with Crippen LogP contribution in [0.2, 0.25) is 0 Å². The van der Waals surface area contributed by atoms with Crippen molar-refractivity contribution in [3.05, 3.63) is 42.2 Å². The molecule has 1 fully saturated rings. The first-order valence-electron chi connectivity index (χ1n) is 9.73. The normalized spacial score (nSPS) is 17.3. The highest BCUT2D eigenvalue weighted by atomic mass is 32.1. The van der Waals surface area contributed by atoms with Crippen LogP contribution < -0.4 is 10.2 Å². The van der Waals surface area contributed by atoms with E-state index < -0.39 is 24.5 Å². The Morgan fingerprint density at radius 3 is 2.77 bits per heavy atom. The van der Waals surface area contributed by atoms with Crippen LogP contribution in [0.5, 0.6) is 0 Å². The van der Waals surface area contributed by atoms with Gasteiger partial charge in [0.25, 0.3) is 0 Å². The van der Waals surface area contributed by atoms with Gasteiger partial charge in [0.2, 0.25) is 5.91 Å². The van der Waals surface area contributed by atoms with Gasteiger partial charge in [-0.25, -0.2) is 9.97 Å². The lowest BCUT2D eigenvalue weighted by Crippen LogP contribution is -2.45. The second-order valence-electron chi connectivity index (χ2n) is 7.41. The molecule has 3 heterocycles. The van der Waals surface area contributed by atoms with Crippen LogP contribution in [0.4, 0.5) is 19.0 Å². The fourth-order valence-corrected chi connectivity index (χ4v) is 4.79. The lowest BCUT2D eigenvalue weighted by atomic mass is 9.97. The molecule has 0 aliphatic carbocycles. The second kappa shape index (κ2) is 8.22. The van der Waals surface area contributed by atoms with Crippen molar-refractivity contribution >= 4 is 33.3 Å². The summed E-state index contributed by atoms with van der Waals surface area (Å²) >= 11 is 1.58. The Balaban J connectivity index is 1.60. The topological polar surface area (TPSA) is 58.1 Å². The number of amides is 1. The third kappa shape index (κ3) is 4.56. The average Bonchev–Trinajstić information content (AvgIpc) is 3.15. The number of hydrogen-bond acceptors (Lipinski definition) is 5. The number of nitrogens with zero attached hydrogens (tertiary/aromatic N) is 3. The summed E-state index contributed by atoms with van der Waals surface area (Å²) in [7, 11) is 0. The standard InChI is InChI=1S/C21H21F3N4OS/c1-13-26-18(16-10-17(30-20(16)27-13)14-6-3-2-4-7-14)28-9-5-8-15(11-28)19(29)25-12-21(22,23)24/h2-4,6-7,10,15H,5,8-9,11-12H2,1H3,(H,25,29). The number of thiophene rings is 1. The maximum atomic E-state index is 12.4. The molecule has 2 aromatic heterocycles. The van der Waals surface area contributed by atoms with Crippen LogP contribution in [-0.4, -0.2) is 41.7 Å². The van der Waals surface area contributed by atoms with E-state index in [-0.39, 0.29) is 0 Å². The summed E-state index contributed by atoms with van der Waals surface area (Å²) in [5.41, 5.74) is 1.09. The molecule has 3 aromatic rings. The Morgan fingerprint density at radius 2 is 2.03 bits per heavy atom. The maximum absolute atomic E-state index is 12.4. The molecule has 0 bridgehead atoms. The van der Waals surface area contributed by atoms with Gasteiger partial charge >= 0.3 is 6.18 Å². The van der Waals surface area contributed by atoms with Crippen molar-refractivity contribution in [2.24, 2.45) is 5.92 Å². The van der Waals surface area contributed by atoms with Crippen LogP contribution in [0, 0.1) is 12.8 Å². The van der Waals surface area contributed by atoms with Gasteiger partial charge in [-0.2, -0.15) is 13.2 Å². The molecule has 30 heavy (non-hydrogen) atoms. The van der Waals surface area contributed by atoms with E-state index in [0.717, 1.165) is 26.5 Å². The van der Waals surface area contributed by atoms with Crippen molar-refractivity contribution in [1.82, 2.24) is 15.3 Å². The molecule has 1 atom stereocenters. The Morgan fingerprint density at radius 1 is 1.27 bits per heavy atom. The molecule has 1 amide bonds. The van der Waals surface area contributed by atoms with Gasteiger partial charge in [0, 0.05) is 18.0 Å². The zero-order valence-corrected chi connectivity index (χ0v) is 17.2. The van der Waals surface area contributed by atoms with Gasteiger partial charge in [0.15, 0.2) is 0 Å². The third-order valence-electron chi connectivity index (χ3n) is 5.10. The van der Waals surface area contributed by atoms with Crippen molar-refractivity contribution in [2.75, 3.05) is 24.5 Å². The minimum absolute atomic E-state index is 0.339. The number of piperidine rings is 1. The molecule has 1 unspecified atom stereocenters. The largest absolute Gasteiger partial charge is 0.405 e. The molecule has 0 radical (unpaired) electrons. The molecule has 9 heteroatoms. The first kappa shape index (κ1) is 20.6. The van der Waals surface area contributed by atoms with Crippen LogP contribution in [0.1, 0.15) is 18.7 Å². The van der Waals surface area contributed by atoms with Gasteiger partial charge in [0.1, 0.15) is 23.0 Å². The van der Waals surface area contributed by atoms with E-state index in [1.807, 2.05) is 47.5 Å². The molecule has 4 rings (SSSR count). The zero-order chi connectivity index (χ0) is 21.3. The van der Waals surface area contributed by atoms with Crippen LogP contribution in [0.3, 0.4) is 0 Å². The molecule has 1 N–H and O–H groups in total. The number of aromatic nitrogens is 2. The first-order valence-corrected chi connectivity index (χ1v) is 10.5. The highest BCUT2D eigenvalue weighted by Crippen LogP contribution is 2.37. The summed E-state index contributed by atoms with van der Waals surface area (Å²) < 4.78 is 37.3. The summed E-state index contributed by atoms with van der Waals surface area (Å²) in [6.45, 7) is 1.56. The quantitative estimate of drug-likeness (QED) is 0.654. The van der Waals surface area contributed by atoms with Crippen molar-refractivity contribution in [3.8, 4) is 10.4 Å². The number of rotatable bonds is 4. The number of benzene rings is 1. The van der Waals surface area contributed by atoms with Crippen molar-refractivity contribution in [2.45, 2.75) is 25.9 Å². The minimum Gasteiger partial charge on any atom is -0.355 e. The van der Waals surface area contributed by atoms with Crippen molar-refractivity contribution in [3.63, 3.8) is 0 Å². The van der Waals surface area contributed by atoms with Crippen LogP contribution in [-0.2, 0) is 4.79 Å². The van der Waals surface area contributed by atoms with Gasteiger partial charge in [-0.05, 0) is 31.4 Å². The number of halogens is 3. The predicted molar refractivity (Wildman–Crippen MR) is 112 cm³/mol. The van der Waals surface area contributed by atoms with E-state index in [4.69, 9.17) is 0 Å². The molecule has 1 aliphatic rings. The lowest BCUT2D eigenvalue weighted by Gasteiger charge is -2.33. The smallest absolute Gasteiger partial charge is 0.355 e. The van der Waals surface area contributed by atoms with Gasteiger partial charge in [-0.1, -0.05) is 30.3 Å². The third-order valence-corrected chi connectivity index (χ3v) is 6.18. The number of carbonyl (C=O) groups excluding carboxylic acids is 1. The molecule has 0 spiro atoms. The number of carbonyl (C=O) groups is 1. The van der Waals surface area contributed by atoms with Gasteiger partial charge in [-0.15, -0.1) is 11.3 Å². The van der Waals surface area contributed by atoms with E-state index in [1.165, 1.54) is 0 Å². The van der Waals surface area contributed by atoms with Gasteiger partial charge < -0.3 is 10.2 Å². The Hall–Kier alpha value is -2.68. The fourth-order valence-electron chi connectivity index (χ4n) is 3.71. The van der Waals surface area contributed by atoms with E-state index >= 15 is 0 Å². The van der Waals surface area contributed by atoms with E-state index in [1.54, 1.807) is 11.3 Å². The zero-order valence-electron chi connectivity index (χ0n) is 16.4. The monoisotopic (exact) mass is 434 g/mol. The molecule has 1 aliphatic heterocycles. The first-order chi connectivity index (χ1) is 14.3. The summed E-state index contributed by atoms with van der Waals surface area (Å²) in [6.07, 6.45) is -3.14. The summed E-state index contributed by atoms with van der Waals surface area (Å²) in [5.74, 6) is 0.305. The Kier molecular flexibility index (Phi) is 5.64. The number of aryl methyl sites for hydroxylation is 1. The number of hydrogen-bond donors (Lipinski definition) is 1. The van der Waals surface area contributed by atoms with E-state index in [9.17, 15) is 18.0 Å². The molecule has 1 saturated heterocycles. The summed E-state index contributed by atoms with van der Waals surface area (Å²) in [5, 5.41) is 2.92. The fraction of sp³-hybridized carbons (Fsp3) is 0.381. The van der Waals surface area contributed by atoms with Gasteiger partial charge in [-0.3, -0.25) is 4.79 Å². The highest BCUT2D eigenvalue weighted by molar-refractivity contribution is 7.21. The Labute approximate surface area is 175 Å². The van der Waals surface area contributed by atoms with Crippen molar-refractivity contribution in [1.29, 1.82) is 0 Å². The Bertz CT molecular complexity index is 1050. The molecular weight excluding hydrogens is 413 g/mol. The second-order valence-corrected chi connectivity index (χ2v) is 8.44. The maximum Gasteiger partial charge on any atom is 0.405 e. The number of alkyl halides is 3. The highest BCUT2D eigenvalue weighted by Gasteiger charge is 2.32.